The molecule has 3 atom stereocenters. The molecule has 3 aliphatic carbocycles. The Kier molecular flexibility index (Phi) is 1.73. The maximum absolute atomic E-state index is 9.83. The van der Waals surface area contributed by atoms with Crippen LogP contribution in [0.1, 0.15) is 25.7 Å². The van der Waals surface area contributed by atoms with Gasteiger partial charge in [-0.3, -0.25) is 0 Å². The molecule has 1 fully saturated rings. The van der Waals surface area contributed by atoms with Crippen LogP contribution >= 0.6 is 0 Å². The summed E-state index contributed by atoms with van der Waals surface area (Å²) in [6, 6.07) is 0. The van der Waals surface area contributed by atoms with Gasteiger partial charge in [0, 0.05) is 11.8 Å². The molecule has 0 radical (unpaired) electrons. The lowest BCUT2D eigenvalue weighted by Gasteiger charge is -2.45. The summed E-state index contributed by atoms with van der Waals surface area (Å²) in [6.07, 6.45) is 13.4. The second-order valence-corrected chi connectivity index (χ2v) is 4.02. The summed E-state index contributed by atoms with van der Waals surface area (Å²) in [4.78, 5) is 0. The topological polar surface area (TPSA) is 20.2 Å². The lowest BCUT2D eigenvalue weighted by Crippen LogP contribution is -2.42. The molecule has 1 N–H and O–H groups in total. The molecule has 64 valence electrons. The van der Waals surface area contributed by atoms with Gasteiger partial charge in [-0.05, 0) is 25.2 Å². The number of rotatable bonds is 1. The summed E-state index contributed by atoms with van der Waals surface area (Å²) < 4.78 is 0. The molecule has 0 amide bonds. The molecule has 0 aromatic rings. The quantitative estimate of drug-likeness (QED) is 0.460. The van der Waals surface area contributed by atoms with Gasteiger partial charge in [-0.25, -0.2) is 0 Å². The van der Waals surface area contributed by atoms with E-state index < -0.39 is 0 Å². The number of terminal acetylenes is 1. The van der Waals surface area contributed by atoms with E-state index in [-0.39, 0.29) is 11.5 Å². The zero-order chi connectivity index (χ0) is 8.60. The molecule has 3 rings (SSSR count). The Hall–Kier alpha value is -0.740. The summed E-state index contributed by atoms with van der Waals surface area (Å²) >= 11 is 0. The van der Waals surface area contributed by atoms with Crippen LogP contribution in [0.25, 0.3) is 0 Å². The Bertz CT molecular complexity index is 248. The van der Waals surface area contributed by atoms with E-state index in [1.54, 1.807) is 0 Å². The van der Waals surface area contributed by atoms with E-state index in [9.17, 15) is 5.11 Å². The molecule has 0 saturated heterocycles. The van der Waals surface area contributed by atoms with Crippen molar-refractivity contribution in [2.24, 2.45) is 11.3 Å². The molecular weight excluding hydrogens is 148 g/mol. The summed E-state index contributed by atoms with van der Waals surface area (Å²) in [5.74, 6) is 3.28. The summed E-state index contributed by atoms with van der Waals surface area (Å²) in [6.45, 7) is 0. The number of allylic oxidation sites excluding steroid dienone is 1. The molecule has 0 aromatic heterocycles. The summed E-state index contributed by atoms with van der Waals surface area (Å²) in [5.41, 5.74) is -0.0660. The second-order valence-electron chi connectivity index (χ2n) is 4.02. The highest BCUT2D eigenvalue weighted by Crippen LogP contribution is 2.47. The Morgan fingerprint density at radius 3 is 3.00 bits per heavy atom. The summed E-state index contributed by atoms with van der Waals surface area (Å²) in [5, 5.41) is 9.83. The van der Waals surface area contributed by atoms with E-state index in [1.165, 1.54) is 6.42 Å². The van der Waals surface area contributed by atoms with Gasteiger partial charge in [-0.2, -0.15) is 0 Å². The van der Waals surface area contributed by atoms with Gasteiger partial charge in [0.25, 0.3) is 0 Å². The minimum atomic E-state index is -0.197. The molecule has 1 saturated carbocycles. The van der Waals surface area contributed by atoms with Crippen molar-refractivity contribution in [1.29, 1.82) is 0 Å². The fourth-order valence-corrected chi connectivity index (χ4v) is 2.41. The van der Waals surface area contributed by atoms with Gasteiger partial charge in [0.2, 0.25) is 0 Å². The van der Waals surface area contributed by atoms with Gasteiger partial charge in [0.15, 0.2) is 0 Å². The van der Waals surface area contributed by atoms with E-state index in [1.807, 2.05) is 0 Å². The van der Waals surface area contributed by atoms with Crippen molar-refractivity contribution < 1.29 is 5.11 Å². The van der Waals surface area contributed by atoms with Crippen molar-refractivity contribution in [3.8, 4) is 12.3 Å². The Morgan fingerprint density at radius 2 is 2.50 bits per heavy atom. The Balaban J connectivity index is 2.27. The maximum atomic E-state index is 9.83. The van der Waals surface area contributed by atoms with Crippen molar-refractivity contribution >= 4 is 0 Å². The third-order valence-corrected chi connectivity index (χ3v) is 3.30. The number of aliphatic hydroxyl groups excluding tert-OH is 1. The molecule has 12 heavy (non-hydrogen) atoms. The normalized spacial score (nSPS) is 44.3. The average molecular weight is 162 g/mol. The average Bonchev–Trinajstić information content (AvgIpc) is 2.08. The fourth-order valence-electron chi connectivity index (χ4n) is 2.41. The number of aliphatic hydroxyl groups is 1. The predicted molar refractivity (Wildman–Crippen MR) is 48.4 cm³/mol. The van der Waals surface area contributed by atoms with Crippen LogP contribution in [0.5, 0.6) is 0 Å². The van der Waals surface area contributed by atoms with E-state index in [0.29, 0.717) is 12.3 Å². The molecule has 0 spiro atoms. The molecule has 0 heterocycles. The van der Waals surface area contributed by atoms with Gasteiger partial charge >= 0.3 is 0 Å². The number of hydrogen-bond acceptors (Lipinski definition) is 1. The third kappa shape index (κ3) is 0.990. The molecule has 1 nitrogen and oxygen atoms in total. The van der Waals surface area contributed by atoms with Gasteiger partial charge in [-0.1, -0.05) is 12.2 Å². The van der Waals surface area contributed by atoms with Crippen LogP contribution in [0, 0.1) is 23.7 Å². The van der Waals surface area contributed by atoms with E-state index in [2.05, 4.69) is 18.1 Å². The zero-order valence-corrected chi connectivity index (χ0v) is 7.16. The van der Waals surface area contributed by atoms with Crippen LogP contribution < -0.4 is 0 Å². The second kappa shape index (κ2) is 2.64. The first-order valence-electron chi connectivity index (χ1n) is 4.58. The maximum Gasteiger partial charge on any atom is 0.0645 e. The van der Waals surface area contributed by atoms with Crippen molar-refractivity contribution in [2.45, 2.75) is 31.8 Å². The zero-order valence-electron chi connectivity index (χ0n) is 7.16. The number of fused-ring (bicyclic) bond motifs is 2. The first-order chi connectivity index (χ1) is 5.77. The molecular formula is C11H14O. The van der Waals surface area contributed by atoms with Crippen molar-refractivity contribution in [1.82, 2.24) is 0 Å². The van der Waals surface area contributed by atoms with E-state index in [4.69, 9.17) is 6.42 Å². The van der Waals surface area contributed by atoms with Crippen molar-refractivity contribution in [3.05, 3.63) is 12.2 Å². The van der Waals surface area contributed by atoms with E-state index >= 15 is 0 Å². The van der Waals surface area contributed by atoms with Crippen LogP contribution in [-0.2, 0) is 0 Å². The van der Waals surface area contributed by atoms with Crippen molar-refractivity contribution in [3.63, 3.8) is 0 Å². The van der Waals surface area contributed by atoms with Gasteiger partial charge < -0.3 is 5.11 Å². The Labute approximate surface area is 73.5 Å². The minimum Gasteiger partial charge on any atom is -0.392 e. The Morgan fingerprint density at radius 1 is 1.67 bits per heavy atom. The first kappa shape index (κ1) is 7.89. The highest BCUT2D eigenvalue weighted by atomic mass is 16.3. The molecule has 1 heteroatoms. The largest absolute Gasteiger partial charge is 0.392 e. The summed E-state index contributed by atoms with van der Waals surface area (Å²) in [7, 11) is 0. The molecule has 2 bridgehead atoms. The minimum absolute atomic E-state index is 0.0660. The highest BCUT2D eigenvalue weighted by Gasteiger charge is 2.42. The lowest BCUT2D eigenvalue weighted by molar-refractivity contribution is -0.000622. The van der Waals surface area contributed by atoms with Crippen LogP contribution in [-0.4, -0.2) is 11.2 Å². The van der Waals surface area contributed by atoms with E-state index in [0.717, 1.165) is 12.8 Å². The van der Waals surface area contributed by atoms with Gasteiger partial charge in [0.05, 0.1) is 6.10 Å². The van der Waals surface area contributed by atoms with Crippen LogP contribution in [0.15, 0.2) is 12.2 Å². The molecule has 0 aliphatic heterocycles. The van der Waals surface area contributed by atoms with Crippen LogP contribution in [0.3, 0.4) is 0 Å². The molecule has 3 unspecified atom stereocenters. The van der Waals surface area contributed by atoms with Crippen LogP contribution in [0.4, 0.5) is 0 Å². The van der Waals surface area contributed by atoms with Gasteiger partial charge in [-0.15, -0.1) is 12.3 Å². The lowest BCUT2D eigenvalue weighted by atomic mass is 9.62. The third-order valence-electron chi connectivity index (χ3n) is 3.30. The molecule has 3 aliphatic rings. The first-order valence-corrected chi connectivity index (χ1v) is 4.58. The standard InChI is InChI=1S/C11H14O/c1-2-5-11-6-3-9(4-7-11)8-10(11)12/h1,3,6,9-10,12H,4-5,7-8H2. The SMILES string of the molecule is C#CCC12C=CC(CC1)CC2O. The smallest absolute Gasteiger partial charge is 0.0645 e. The fraction of sp³-hybridized carbons (Fsp3) is 0.636. The molecule has 0 aromatic carbocycles. The van der Waals surface area contributed by atoms with Crippen molar-refractivity contribution in [2.75, 3.05) is 0 Å². The predicted octanol–water partition coefficient (Wildman–Crippen LogP) is 1.73. The number of hydrogen-bond donors (Lipinski definition) is 1. The highest BCUT2D eigenvalue weighted by molar-refractivity contribution is 5.18. The van der Waals surface area contributed by atoms with Gasteiger partial charge in [0.1, 0.15) is 0 Å². The van der Waals surface area contributed by atoms with Crippen LogP contribution in [0.2, 0.25) is 0 Å². The monoisotopic (exact) mass is 162 g/mol.